The van der Waals surface area contributed by atoms with Gasteiger partial charge in [0.25, 0.3) is 0 Å². The van der Waals surface area contributed by atoms with Crippen molar-refractivity contribution in [2.24, 2.45) is 5.92 Å². The highest BCUT2D eigenvalue weighted by atomic mass is 19.1. The molecule has 4 aromatic rings. The molecule has 0 amide bonds. The summed E-state index contributed by atoms with van der Waals surface area (Å²) < 4.78 is 16.9. The van der Waals surface area contributed by atoms with Crippen molar-refractivity contribution in [3.05, 3.63) is 54.4 Å². The highest BCUT2D eigenvalue weighted by Crippen LogP contribution is 2.29. The SMILES string of the molecule is Cc1nc2ccc(-c3nc(Nc4ccc(N5CC[C@H](CN(C)C)C5)cn4)ncc3F)cc2n1C(C)C. The molecule has 0 radical (unpaired) electrons. The van der Waals surface area contributed by atoms with Crippen molar-refractivity contribution >= 4 is 28.5 Å². The molecule has 0 saturated carbocycles. The van der Waals surface area contributed by atoms with Crippen LogP contribution in [0.5, 0.6) is 0 Å². The normalized spacial score (nSPS) is 16.0. The molecule has 1 N–H and O–H groups in total. The monoisotopic (exact) mass is 488 g/mol. The Morgan fingerprint density at radius 2 is 1.94 bits per heavy atom. The average Bonchev–Trinajstić information content (AvgIpc) is 3.43. The van der Waals surface area contributed by atoms with Crippen LogP contribution in [-0.2, 0) is 0 Å². The van der Waals surface area contributed by atoms with Gasteiger partial charge in [-0.05, 0) is 71.5 Å². The number of benzene rings is 1. The number of anilines is 3. The van der Waals surface area contributed by atoms with Gasteiger partial charge in [0.2, 0.25) is 5.95 Å². The molecule has 4 heterocycles. The number of pyridine rings is 1. The van der Waals surface area contributed by atoms with E-state index in [-0.39, 0.29) is 11.7 Å². The van der Waals surface area contributed by atoms with Crippen LogP contribution in [0.2, 0.25) is 0 Å². The maximum absolute atomic E-state index is 14.8. The molecule has 0 bridgehead atoms. The van der Waals surface area contributed by atoms with Gasteiger partial charge in [-0.1, -0.05) is 6.07 Å². The summed E-state index contributed by atoms with van der Waals surface area (Å²) in [5.74, 6) is 2.04. The maximum atomic E-state index is 14.8. The van der Waals surface area contributed by atoms with Gasteiger partial charge in [-0.2, -0.15) is 0 Å². The van der Waals surface area contributed by atoms with E-state index in [0.717, 1.165) is 42.2 Å². The van der Waals surface area contributed by atoms with Crippen molar-refractivity contribution < 1.29 is 4.39 Å². The number of halogens is 1. The molecule has 3 aromatic heterocycles. The fourth-order valence-electron chi connectivity index (χ4n) is 5.14. The van der Waals surface area contributed by atoms with E-state index in [1.165, 1.54) is 12.6 Å². The van der Waals surface area contributed by atoms with E-state index in [1.807, 2.05) is 37.4 Å². The van der Waals surface area contributed by atoms with Gasteiger partial charge in [0, 0.05) is 31.2 Å². The smallest absolute Gasteiger partial charge is 0.229 e. The molecule has 1 atom stereocenters. The molecule has 8 nitrogen and oxygen atoms in total. The lowest BCUT2D eigenvalue weighted by molar-refractivity contribution is 0.340. The molecule has 1 aliphatic heterocycles. The number of hydrogen-bond donors (Lipinski definition) is 1. The van der Waals surface area contributed by atoms with Crippen molar-refractivity contribution in [3.63, 3.8) is 0 Å². The first kappa shape index (κ1) is 24.1. The molecule has 5 rings (SSSR count). The van der Waals surface area contributed by atoms with E-state index in [2.05, 4.69) is 73.6 Å². The van der Waals surface area contributed by atoms with Crippen LogP contribution in [0, 0.1) is 18.7 Å². The summed E-state index contributed by atoms with van der Waals surface area (Å²) in [6.45, 7) is 9.38. The zero-order valence-electron chi connectivity index (χ0n) is 21.5. The Balaban J connectivity index is 1.35. The molecule has 1 saturated heterocycles. The zero-order chi connectivity index (χ0) is 25.4. The zero-order valence-corrected chi connectivity index (χ0v) is 21.5. The third-order valence-corrected chi connectivity index (χ3v) is 6.66. The summed E-state index contributed by atoms with van der Waals surface area (Å²) in [6, 6.07) is 9.91. The summed E-state index contributed by atoms with van der Waals surface area (Å²) in [7, 11) is 4.24. The predicted octanol–water partition coefficient (Wildman–Crippen LogP) is 5.05. The Morgan fingerprint density at radius 1 is 1.11 bits per heavy atom. The van der Waals surface area contributed by atoms with Gasteiger partial charge in [-0.3, -0.25) is 0 Å². The minimum Gasteiger partial charge on any atom is -0.370 e. The molecule has 188 valence electrons. The van der Waals surface area contributed by atoms with Gasteiger partial charge < -0.3 is 19.7 Å². The van der Waals surface area contributed by atoms with Crippen LogP contribution in [0.4, 0.5) is 21.8 Å². The number of rotatable bonds is 7. The standard InChI is InChI=1S/C27H33FN8/c1-17(2)36-18(3)31-23-8-6-20(12-24(23)36)26-22(28)14-30-27(33-26)32-25-9-7-21(13-29-25)35-11-10-19(16-35)15-34(4)5/h6-9,12-14,17,19H,10-11,15-16H2,1-5H3,(H,29,30,32,33)/t19-/m1/s1. The molecule has 36 heavy (non-hydrogen) atoms. The number of aryl methyl sites for hydroxylation is 1. The first-order chi connectivity index (χ1) is 17.3. The Bertz CT molecular complexity index is 1360. The average molecular weight is 489 g/mol. The second-order valence-electron chi connectivity index (χ2n) is 10.1. The van der Waals surface area contributed by atoms with Gasteiger partial charge in [0.05, 0.1) is 29.1 Å². The maximum Gasteiger partial charge on any atom is 0.229 e. The fraction of sp³-hybridized carbons (Fsp3) is 0.407. The first-order valence-electron chi connectivity index (χ1n) is 12.4. The van der Waals surface area contributed by atoms with Crippen molar-refractivity contribution in [2.45, 2.75) is 33.2 Å². The Kier molecular flexibility index (Phi) is 6.57. The molecule has 1 fully saturated rings. The van der Waals surface area contributed by atoms with Crippen LogP contribution in [0.25, 0.3) is 22.3 Å². The number of nitrogens with zero attached hydrogens (tertiary/aromatic N) is 7. The van der Waals surface area contributed by atoms with Crippen LogP contribution in [0.3, 0.4) is 0 Å². The quantitative estimate of drug-likeness (QED) is 0.390. The largest absolute Gasteiger partial charge is 0.370 e. The Labute approximate surface area is 211 Å². The van der Waals surface area contributed by atoms with E-state index in [1.54, 1.807) is 0 Å². The summed E-state index contributed by atoms with van der Waals surface area (Å²) in [6.07, 6.45) is 4.26. The third-order valence-electron chi connectivity index (χ3n) is 6.66. The van der Waals surface area contributed by atoms with Crippen molar-refractivity contribution in [3.8, 4) is 11.3 Å². The summed E-state index contributed by atoms with van der Waals surface area (Å²) in [4.78, 5) is 22.4. The number of nitrogens with one attached hydrogen (secondary N) is 1. The molecule has 1 aromatic carbocycles. The first-order valence-corrected chi connectivity index (χ1v) is 12.4. The van der Waals surface area contributed by atoms with E-state index in [9.17, 15) is 4.39 Å². The summed E-state index contributed by atoms with van der Waals surface area (Å²) >= 11 is 0. The lowest BCUT2D eigenvalue weighted by atomic mass is 10.1. The predicted molar refractivity (Wildman–Crippen MR) is 142 cm³/mol. The van der Waals surface area contributed by atoms with Crippen LogP contribution in [0.15, 0.2) is 42.7 Å². The molecule has 1 aliphatic rings. The van der Waals surface area contributed by atoms with Gasteiger partial charge in [-0.25, -0.2) is 24.3 Å². The number of aromatic nitrogens is 5. The minimum absolute atomic E-state index is 0.240. The Morgan fingerprint density at radius 3 is 2.67 bits per heavy atom. The van der Waals surface area contributed by atoms with Gasteiger partial charge in [-0.15, -0.1) is 0 Å². The number of hydrogen-bond acceptors (Lipinski definition) is 7. The Hall–Kier alpha value is -3.59. The third kappa shape index (κ3) is 4.88. The molecule has 0 unspecified atom stereocenters. The second kappa shape index (κ2) is 9.81. The van der Waals surface area contributed by atoms with Crippen LogP contribution >= 0.6 is 0 Å². The number of imidazole rings is 1. The highest BCUT2D eigenvalue weighted by molar-refractivity contribution is 5.82. The van der Waals surface area contributed by atoms with E-state index in [0.29, 0.717) is 23.2 Å². The van der Waals surface area contributed by atoms with E-state index in [4.69, 9.17) is 0 Å². The minimum atomic E-state index is -0.475. The van der Waals surface area contributed by atoms with Gasteiger partial charge in [0.1, 0.15) is 17.3 Å². The lowest BCUT2D eigenvalue weighted by Crippen LogP contribution is -2.25. The molecule has 9 heteroatoms. The van der Waals surface area contributed by atoms with Crippen molar-refractivity contribution in [1.29, 1.82) is 0 Å². The summed E-state index contributed by atoms with van der Waals surface area (Å²) in [5, 5.41) is 3.12. The molecule has 0 spiro atoms. The van der Waals surface area contributed by atoms with Crippen LogP contribution < -0.4 is 10.2 Å². The summed E-state index contributed by atoms with van der Waals surface area (Å²) in [5.41, 5.74) is 3.86. The van der Waals surface area contributed by atoms with E-state index >= 15 is 0 Å². The molecular formula is C27H33FN8. The van der Waals surface area contributed by atoms with Crippen LogP contribution in [-0.4, -0.2) is 63.1 Å². The number of fused-ring (bicyclic) bond motifs is 1. The fourth-order valence-corrected chi connectivity index (χ4v) is 5.14. The molecule has 0 aliphatic carbocycles. The van der Waals surface area contributed by atoms with E-state index < -0.39 is 5.82 Å². The topological polar surface area (TPSA) is 75.0 Å². The van der Waals surface area contributed by atoms with Crippen LogP contribution in [0.1, 0.15) is 32.1 Å². The van der Waals surface area contributed by atoms with Crippen molar-refractivity contribution in [2.75, 3.05) is 43.9 Å². The van der Waals surface area contributed by atoms with Gasteiger partial charge >= 0.3 is 0 Å². The van der Waals surface area contributed by atoms with Gasteiger partial charge in [0.15, 0.2) is 5.82 Å². The highest BCUT2D eigenvalue weighted by Gasteiger charge is 2.23. The second-order valence-corrected chi connectivity index (χ2v) is 10.1. The van der Waals surface area contributed by atoms with Crippen molar-refractivity contribution in [1.82, 2.24) is 29.4 Å². The molecular weight excluding hydrogens is 455 g/mol. The lowest BCUT2D eigenvalue weighted by Gasteiger charge is -2.20.